The topological polar surface area (TPSA) is 79.3 Å². The molecule has 0 saturated carbocycles. The Morgan fingerprint density at radius 1 is 1.26 bits per heavy atom. The van der Waals surface area contributed by atoms with Crippen LogP contribution in [0.15, 0.2) is 29.6 Å². The summed E-state index contributed by atoms with van der Waals surface area (Å²) in [6.07, 6.45) is 0.916. The van der Waals surface area contributed by atoms with Crippen molar-refractivity contribution in [3.8, 4) is 0 Å². The fourth-order valence-electron chi connectivity index (χ4n) is 2.18. The molecular formula is C17H20N2O3S. The number of aromatic nitrogens is 1. The average molecular weight is 332 g/mol. The van der Waals surface area contributed by atoms with Crippen LogP contribution in [-0.2, 0) is 16.8 Å². The summed E-state index contributed by atoms with van der Waals surface area (Å²) in [5, 5.41) is 14.7. The van der Waals surface area contributed by atoms with Crippen molar-refractivity contribution in [3.05, 3.63) is 51.5 Å². The fraction of sp³-hybridized carbons (Fsp3) is 0.353. The molecule has 0 aliphatic carbocycles. The number of thiazole rings is 1. The van der Waals surface area contributed by atoms with Gasteiger partial charge in [-0.05, 0) is 44.9 Å². The van der Waals surface area contributed by atoms with E-state index >= 15 is 0 Å². The zero-order chi connectivity index (χ0) is 17.0. The molecule has 0 aliphatic rings. The molecule has 0 unspecified atom stereocenters. The van der Waals surface area contributed by atoms with Crippen molar-refractivity contribution in [2.45, 2.75) is 39.2 Å². The van der Waals surface area contributed by atoms with Crippen LogP contribution in [0.25, 0.3) is 0 Å². The highest BCUT2D eigenvalue weighted by atomic mass is 32.1. The number of carbonyl (C=O) groups is 2. The van der Waals surface area contributed by atoms with E-state index in [1.54, 1.807) is 24.3 Å². The number of aryl methyl sites for hydroxylation is 2. The van der Waals surface area contributed by atoms with E-state index in [4.69, 9.17) is 5.11 Å². The second kappa shape index (κ2) is 6.91. The van der Waals surface area contributed by atoms with Gasteiger partial charge in [0.25, 0.3) is 0 Å². The Bertz CT molecular complexity index is 705. The molecule has 6 heteroatoms. The number of aromatic carboxylic acids is 1. The van der Waals surface area contributed by atoms with Crippen molar-refractivity contribution < 1.29 is 14.7 Å². The van der Waals surface area contributed by atoms with Gasteiger partial charge in [-0.15, -0.1) is 11.3 Å². The van der Waals surface area contributed by atoms with E-state index in [0.717, 1.165) is 16.3 Å². The number of nitrogens with one attached hydrogen (secondary N) is 1. The van der Waals surface area contributed by atoms with Crippen LogP contribution in [0.1, 0.15) is 46.9 Å². The molecule has 1 heterocycles. The molecule has 2 rings (SSSR count). The summed E-state index contributed by atoms with van der Waals surface area (Å²) in [6, 6.07) is 6.59. The molecule has 1 aromatic carbocycles. The minimum absolute atomic E-state index is 0.0508. The van der Waals surface area contributed by atoms with Crippen LogP contribution in [0.3, 0.4) is 0 Å². The molecule has 0 bridgehead atoms. The molecule has 23 heavy (non-hydrogen) atoms. The van der Waals surface area contributed by atoms with Gasteiger partial charge in [-0.2, -0.15) is 0 Å². The van der Waals surface area contributed by atoms with Gasteiger partial charge >= 0.3 is 5.97 Å². The molecule has 1 amide bonds. The molecular weight excluding hydrogens is 312 g/mol. The van der Waals surface area contributed by atoms with Gasteiger partial charge in [0.2, 0.25) is 5.91 Å². The lowest BCUT2D eigenvalue weighted by Crippen LogP contribution is -2.41. The Hall–Kier alpha value is -2.21. The van der Waals surface area contributed by atoms with Crippen LogP contribution in [0.4, 0.5) is 0 Å². The lowest BCUT2D eigenvalue weighted by molar-refractivity contribution is -0.122. The molecule has 0 atom stereocenters. The summed E-state index contributed by atoms with van der Waals surface area (Å²) in [5.74, 6) is -1.00. The van der Waals surface area contributed by atoms with Gasteiger partial charge < -0.3 is 10.4 Å². The summed E-state index contributed by atoms with van der Waals surface area (Å²) in [7, 11) is 0. The minimum atomic E-state index is -0.949. The molecule has 5 nitrogen and oxygen atoms in total. The van der Waals surface area contributed by atoms with Gasteiger partial charge in [0.05, 0.1) is 11.1 Å². The van der Waals surface area contributed by atoms with Gasteiger partial charge in [-0.1, -0.05) is 12.1 Å². The van der Waals surface area contributed by atoms with Crippen LogP contribution in [-0.4, -0.2) is 22.0 Å². The Morgan fingerprint density at radius 3 is 2.43 bits per heavy atom. The lowest BCUT2D eigenvalue weighted by atomic mass is 10.0. The first-order valence-corrected chi connectivity index (χ1v) is 8.22. The number of rotatable bonds is 6. The number of amides is 1. The summed E-state index contributed by atoms with van der Waals surface area (Å²) >= 11 is 1.54. The van der Waals surface area contributed by atoms with Crippen molar-refractivity contribution in [1.82, 2.24) is 10.3 Å². The number of carboxylic acid groups (broad SMARTS) is 1. The maximum absolute atomic E-state index is 12.2. The SMILES string of the molecule is Cc1csc(C(C)(C)NC(=O)CCc2ccc(C(=O)O)cc2)n1. The molecule has 0 aliphatic heterocycles. The van der Waals surface area contributed by atoms with Gasteiger partial charge in [0.1, 0.15) is 5.01 Å². The minimum Gasteiger partial charge on any atom is -0.478 e. The van der Waals surface area contributed by atoms with Crippen molar-refractivity contribution >= 4 is 23.2 Å². The summed E-state index contributed by atoms with van der Waals surface area (Å²) < 4.78 is 0. The lowest BCUT2D eigenvalue weighted by Gasteiger charge is -2.23. The standard InChI is InChI=1S/C17H20N2O3S/c1-11-10-23-16(18-11)17(2,3)19-14(20)9-6-12-4-7-13(8-5-12)15(21)22/h4-5,7-8,10H,6,9H2,1-3H3,(H,19,20)(H,21,22). The number of carboxylic acids is 1. The van der Waals surface area contributed by atoms with Crippen LogP contribution < -0.4 is 5.32 Å². The number of hydrogen-bond acceptors (Lipinski definition) is 4. The molecule has 1 aromatic heterocycles. The fourth-order valence-corrected chi connectivity index (χ4v) is 3.05. The zero-order valence-corrected chi connectivity index (χ0v) is 14.2. The zero-order valence-electron chi connectivity index (χ0n) is 13.4. The number of nitrogens with zero attached hydrogens (tertiary/aromatic N) is 1. The third-order valence-corrected chi connectivity index (χ3v) is 4.73. The largest absolute Gasteiger partial charge is 0.478 e. The second-order valence-electron chi connectivity index (χ2n) is 5.97. The van der Waals surface area contributed by atoms with Gasteiger partial charge in [-0.25, -0.2) is 9.78 Å². The predicted octanol–water partition coefficient (Wildman–Crippen LogP) is 3.13. The van der Waals surface area contributed by atoms with Crippen LogP contribution in [0.2, 0.25) is 0 Å². The highest BCUT2D eigenvalue weighted by Crippen LogP contribution is 2.23. The summed E-state index contributed by atoms with van der Waals surface area (Å²) in [5.41, 5.74) is 1.64. The maximum atomic E-state index is 12.2. The van der Waals surface area contributed by atoms with E-state index in [9.17, 15) is 9.59 Å². The van der Waals surface area contributed by atoms with Crippen molar-refractivity contribution in [3.63, 3.8) is 0 Å². The Labute approximate surface area is 139 Å². The van der Waals surface area contributed by atoms with E-state index in [1.165, 1.54) is 11.3 Å². The number of benzene rings is 1. The molecule has 2 aromatic rings. The molecule has 0 saturated heterocycles. The molecule has 2 N–H and O–H groups in total. The van der Waals surface area contributed by atoms with E-state index in [0.29, 0.717) is 12.8 Å². The van der Waals surface area contributed by atoms with E-state index in [1.807, 2.05) is 26.2 Å². The Morgan fingerprint density at radius 2 is 1.91 bits per heavy atom. The first kappa shape index (κ1) is 17.1. The quantitative estimate of drug-likeness (QED) is 0.852. The highest BCUT2D eigenvalue weighted by Gasteiger charge is 2.25. The van der Waals surface area contributed by atoms with Crippen molar-refractivity contribution in [1.29, 1.82) is 0 Å². The first-order valence-electron chi connectivity index (χ1n) is 7.34. The molecule has 122 valence electrons. The highest BCUT2D eigenvalue weighted by molar-refractivity contribution is 7.09. The maximum Gasteiger partial charge on any atom is 0.335 e. The summed E-state index contributed by atoms with van der Waals surface area (Å²) in [6.45, 7) is 5.80. The second-order valence-corrected chi connectivity index (χ2v) is 6.83. The normalized spacial score (nSPS) is 11.3. The van der Waals surface area contributed by atoms with E-state index in [-0.39, 0.29) is 11.5 Å². The van der Waals surface area contributed by atoms with Crippen LogP contribution in [0.5, 0.6) is 0 Å². The molecule has 0 spiro atoms. The Kier molecular flexibility index (Phi) is 5.15. The third-order valence-electron chi connectivity index (χ3n) is 3.45. The predicted molar refractivity (Wildman–Crippen MR) is 89.7 cm³/mol. The van der Waals surface area contributed by atoms with Gasteiger partial charge in [0, 0.05) is 17.5 Å². The number of carbonyl (C=O) groups excluding carboxylic acids is 1. The van der Waals surface area contributed by atoms with Gasteiger partial charge in [-0.3, -0.25) is 4.79 Å². The van der Waals surface area contributed by atoms with Crippen molar-refractivity contribution in [2.75, 3.05) is 0 Å². The van der Waals surface area contributed by atoms with Crippen LogP contribution in [0, 0.1) is 6.92 Å². The molecule has 0 fully saturated rings. The number of hydrogen-bond donors (Lipinski definition) is 2. The Balaban J connectivity index is 1.90. The average Bonchev–Trinajstić information content (AvgIpc) is 2.92. The van der Waals surface area contributed by atoms with E-state index < -0.39 is 11.5 Å². The van der Waals surface area contributed by atoms with Gasteiger partial charge in [0.15, 0.2) is 0 Å². The molecule has 0 radical (unpaired) electrons. The third kappa shape index (κ3) is 4.63. The monoisotopic (exact) mass is 332 g/mol. The van der Waals surface area contributed by atoms with E-state index in [2.05, 4.69) is 10.3 Å². The van der Waals surface area contributed by atoms with Crippen LogP contribution >= 0.6 is 11.3 Å². The smallest absolute Gasteiger partial charge is 0.335 e. The first-order chi connectivity index (χ1) is 10.8. The summed E-state index contributed by atoms with van der Waals surface area (Å²) in [4.78, 5) is 27.4. The van der Waals surface area contributed by atoms with Crippen molar-refractivity contribution in [2.24, 2.45) is 0 Å².